The van der Waals surface area contributed by atoms with E-state index in [1.165, 1.54) is 0 Å². The van der Waals surface area contributed by atoms with E-state index in [4.69, 9.17) is 0 Å². The zero-order chi connectivity index (χ0) is 16.0. The highest BCUT2D eigenvalue weighted by molar-refractivity contribution is 7.89. The quantitative estimate of drug-likeness (QED) is 0.605. The second kappa shape index (κ2) is 7.49. The van der Waals surface area contributed by atoms with Gasteiger partial charge in [-0.3, -0.25) is 4.98 Å². The molecule has 2 aromatic rings. The third kappa shape index (κ3) is 4.37. The first-order valence-electron chi connectivity index (χ1n) is 7.21. The van der Waals surface area contributed by atoms with Crippen LogP contribution in [0.4, 0.5) is 0 Å². The maximum absolute atomic E-state index is 12.4. The van der Waals surface area contributed by atoms with E-state index >= 15 is 0 Å². The summed E-state index contributed by atoms with van der Waals surface area (Å²) >= 11 is 0. The van der Waals surface area contributed by atoms with Crippen molar-refractivity contribution in [2.24, 2.45) is 0 Å². The largest absolute Gasteiger partial charge is 0.312 e. The summed E-state index contributed by atoms with van der Waals surface area (Å²) < 4.78 is 27.5. The number of pyridine rings is 1. The van der Waals surface area contributed by atoms with Crippen molar-refractivity contribution in [3.05, 3.63) is 48.8 Å². The van der Waals surface area contributed by atoms with Crippen LogP contribution in [0.1, 0.15) is 13.8 Å². The van der Waals surface area contributed by atoms with Gasteiger partial charge in [-0.25, -0.2) is 13.1 Å². The van der Waals surface area contributed by atoms with E-state index < -0.39 is 10.0 Å². The molecule has 118 valence electrons. The van der Waals surface area contributed by atoms with Gasteiger partial charge in [0.2, 0.25) is 10.0 Å². The van der Waals surface area contributed by atoms with E-state index in [0.29, 0.717) is 6.54 Å². The van der Waals surface area contributed by atoms with E-state index in [-0.39, 0.29) is 10.9 Å². The zero-order valence-corrected chi connectivity index (χ0v) is 13.6. The van der Waals surface area contributed by atoms with E-state index in [2.05, 4.69) is 15.0 Å². The summed E-state index contributed by atoms with van der Waals surface area (Å²) in [6.07, 6.45) is 7.30. The molecular weight excluding hydrogens is 298 g/mol. The molecule has 22 heavy (non-hydrogen) atoms. The lowest BCUT2D eigenvalue weighted by atomic mass is 10.2. The van der Waals surface area contributed by atoms with Crippen molar-refractivity contribution >= 4 is 20.8 Å². The van der Waals surface area contributed by atoms with Gasteiger partial charge in [-0.1, -0.05) is 18.2 Å². The number of allylic oxidation sites excluding steroid dienone is 1. The Morgan fingerprint density at radius 3 is 2.86 bits per heavy atom. The second-order valence-corrected chi connectivity index (χ2v) is 6.85. The molecule has 1 aromatic carbocycles. The Kier molecular flexibility index (Phi) is 5.65. The third-order valence-corrected chi connectivity index (χ3v) is 4.81. The Hall–Kier alpha value is -1.76. The van der Waals surface area contributed by atoms with E-state index in [0.717, 1.165) is 17.3 Å². The number of aromatic nitrogens is 1. The lowest BCUT2D eigenvalue weighted by Gasteiger charge is -2.15. The van der Waals surface area contributed by atoms with Crippen molar-refractivity contribution in [1.29, 1.82) is 0 Å². The van der Waals surface area contributed by atoms with Gasteiger partial charge in [-0.2, -0.15) is 0 Å². The van der Waals surface area contributed by atoms with Crippen molar-refractivity contribution in [2.45, 2.75) is 24.8 Å². The summed E-state index contributed by atoms with van der Waals surface area (Å²) in [5.41, 5.74) is 0. The molecule has 6 heteroatoms. The van der Waals surface area contributed by atoms with Crippen LogP contribution in [0.2, 0.25) is 0 Å². The van der Waals surface area contributed by atoms with Gasteiger partial charge in [-0.05, 0) is 37.4 Å². The Morgan fingerprint density at radius 1 is 1.27 bits per heavy atom. The summed E-state index contributed by atoms with van der Waals surface area (Å²) in [6.45, 7) is 5.08. The molecule has 0 aliphatic heterocycles. The normalized spacial score (nSPS) is 13.7. The average molecular weight is 319 g/mol. The van der Waals surface area contributed by atoms with Gasteiger partial charge in [0, 0.05) is 36.9 Å². The smallest absolute Gasteiger partial charge is 0.240 e. The monoisotopic (exact) mass is 319 g/mol. The molecule has 0 aliphatic rings. The first-order valence-corrected chi connectivity index (χ1v) is 8.69. The molecule has 1 atom stereocenters. The Morgan fingerprint density at radius 2 is 2.09 bits per heavy atom. The van der Waals surface area contributed by atoms with Crippen molar-refractivity contribution in [2.75, 3.05) is 13.1 Å². The summed E-state index contributed by atoms with van der Waals surface area (Å²) in [5.74, 6) is 0. The highest BCUT2D eigenvalue weighted by atomic mass is 32.2. The highest BCUT2D eigenvalue weighted by Gasteiger charge is 2.17. The molecule has 0 spiro atoms. The Labute approximate surface area is 131 Å². The van der Waals surface area contributed by atoms with Crippen molar-refractivity contribution in [1.82, 2.24) is 15.0 Å². The van der Waals surface area contributed by atoms with Crippen molar-refractivity contribution < 1.29 is 8.42 Å². The highest BCUT2D eigenvalue weighted by Crippen LogP contribution is 2.18. The topological polar surface area (TPSA) is 71.1 Å². The summed E-state index contributed by atoms with van der Waals surface area (Å²) in [5, 5.41) is 4.94. The van der Waals surface area contributed by atoms with Gasteiger partial charge in [-0.15, -0.1) is 0 Å². The number of benzene rings is 1. The number of nitrogens with zero attached hydrogens (tertiary/aromatic N) is 1. The van der Waals surface area contributed by atoms with E-state index in [1.54, 1.807) is 36.7 Å². The van der Waals surface area contributed by atoms with Gasteiger partial charge in [0.15, 0.2) is 0 Å². The number of hydrogen-bond donors (Lipinski definition) is 2. The van der Waals surface area contributed by atoms with Crippen LogP contribution in [-0.2, 0) is 10.0 Å². The van der Waals surface area contributed by atoms with Crippen LogP contribution in [0.15, 0.2) is 53.7 Å². The molecule has 2 rings (SSSR count). The molecule has 0 aliphatic carbocycles. The van der Waals surface area contributed by atoms with Crippen LogP contribution in [0.25, 0.3) is 10.8 Å². The second-order valence-electron chi connectivity index (χ2n) is 5.13. The molecule has 2 N–H and O–H groups in total. The number of sulfonamides is 1. The molecule has 1 heterocycles. The van der Waals surface area contributed by atoms with Gasteiger partial charge in [0.25, 0.3) is 0 Å². The molecule has 0 fully saturated rings. The minimum absolute atomic E-state index is 0.191. The van der Waals surface area contributed by atoms with E-state index in [1.807, 2.05) is 26.0 Å². The zero-order valence-electron chi connectivity index (χ0n) is 12.8. The van der Waals surface area contributed by atoms with Crippen LogP contribution in [0, 0.1) is 0 Å². The molecular formula is C16H21N3O2S. The van der Waals surface area contributed by atoms with Crippen LogP contribution in [-0.4, -0.2) is 32.5 Å². The van der Waals surface area contributed by atoms with E-state index in [9.17, 15) is 8.42 Å². The lowest BCUT2D eigenvalue weighted by Crippen LogP contribution is -2.39. The first kappa shape index (κ1) is 16.6. The lowest BCUT2D eigenvalue weighted by molar-refractivity contribution is 0.545. The standard InChI is InChI=1S/C16H21N3O2S/c1-3-4-8-17-11-13(2)19-22(20,21)16-6-5-15-12-18-9-7-14(15)10-16/h3-7,9-10,12-13,17,19H,8,11H2,1-2H3. The minimum Gasteiger partial charge on any atom is -0.312 e. The fraction of sp³-hybridized carbons (Fsp3) is 0.312. The Balaban J connectivity index is 2.08. The van der Waals surface area contributed by atoms with Crippen LogP contribution < -0.4 is 10.0 Å². The number of rotatable bonds is 7. The van der Waals surface area contributed by atoms with Crippen LogP contribution in [0.5, 0.6) is 0 Å². The molecule has 0 bridgehead atoms. The SMILES string of the molecule is CC=CCNCC(C)NS(=O)(=O)c1ccc2cnccc2c1. The maximum Gasteiger partial charge on any atom is 0.240 e. The summed E-state index contributed by atoms with van der Waals surface area (Å²) in [7, 11) is -3.52. The van der Waals surface area contributed by atoms with Crippen molar-refractivity contribution in [3.63, 3.8) is 0 Å². The molecule has 0 radical (unpaired) electrons. The maximum atomic E-state index is 12.4. The molecule has 1 unspecified atom stereocenters. The fourth-order valence-electron chi connectivity index (χ4n) is 2.10. The van der Waals surface area contributed by atoms with Gasteiger partial charge < -0.3 is 5.32 Å². The number of fused-ring (bicyclic) bond motifs is 1. The minimum atomic E-state index is -3.52. The third-order valence-electron chi connectivity index (χ3n) is 3.23. The number of hydrogen-bond acceptors (Lipinski definition) is 4. The van der Waals surface area contributed by atoms with Crippen LogP contribution >= 0.6 is 0 Å². The average Bonchev–Trinajstić information content (AvgIpc) is 2.50. The van der Waals surface area contributed by atoms with Crippen LogP contribution in [0.3, 0.4) is 0 Å². The molecule has 0 saturated heterocycles. The van der Waals surface area contributed by atoms with Gasteiger partial charge in [0.05, 0.1) is 4.90 Å². The number of nitrogens with one attached hydrogen (secondary N) is 2. The van der Waals surface area contributed by atoms with Gasteiger partial charge in [0.1, 0.15) is 0 Å². The molecule has 0 amide bonds. The van der Waals surface area contributed by atoms with Crippen molar-refractivity contribution in [3.8, 4) is 0 Å². The Bertz CT molecular complexity index is 757. The van der Waals surface area contributed by atoms with Gasteiger partial charge >= 0.3 is 0 Å². The predicted octanol–water partition coefficient (Wildman–Crippen LogP) is 2.07. The first-order chi connectivity index (χ1) is 10.5. The molecule has 0 saturated carbocycles. The predicted molar refractivity (Wildman–Crippen MR) is 89.2 cm³/mol. The fourth-order valence-corrected chi connectivity index (χ4v) is 3.38. The summed E-state index contributed by atoms with van der Waals surface area (Å²) in [6, 6.07) is 6.65. The molecule has 5 nitrogen and oxygen atoms in total. The molecule has 1 aromatic heterocycles. The summed E-state index contributed by atoms with van der Waals surface area (Å²) in [4.78, 5) is 4.29.